The van der Waals surface area contributed by atoms with Crippen molar-refractivity contribution in [1.29, 1.82) is 5.26 Å². The van der Waals surface area contributed by atoms with Gasteiger partial charge in [-0.1, -0.05) is 0 Å². The van der Waals surface area contributed by atoms with Crippen LogP contribution in [0, 0.1) is 18.3 Å². The molecular weight excluding hydrogens is 410 g/mol. The van der Waals surface area contributed by atoms with E-state index in [2.05, 4.69) is 38.3 Å². The van der Waals surface area contributed by atoms with Gasteiger partial charge < -0.3 is 30.4 Å². The highest BCUT2D eigenvalue weighted by Crippen LogP contribution is 2.37. The van der Waals surface area contributed by atoms with E-state index >= 15 is 0 Å². The highest BCUT2D eigenvalue weighted by molar-refractivity contribution is 5.98. The van der Waals surface area contributed by atoms with Gasteiger partial charge in [-0.3, -0.25) is 4.68 Å². The molecule has 168 valence electrons. The van der Waals surface area contributed by atoms with E-state index in [0.717, 1.165) is 36.6 Å². The van der Waals surface area contributed by atoms with Crippen molar-refractivity contribution in [2.45, 2.75) is 44.9 Å². The number of aliphatic hydroxyl groups is 1. The molecule has 0 aromatic carbocycles. The summed E-state index contributed by atoms with van der Waals surface area (Å²) in [5.74, 6) is 1.42. The van der Waals surface area contributed by atoms with Crippen molar-refractivity contribution in [3.05, 3.63) is 17.5 Å². The smallest absolute Gasteiger partial charge is 0.231 e. The first-order valence-corrected chi connectivity index (χ1v) is 10.7. The van der Waals surface area contributed by atoms with Crippen LogP contribution in [0.1, 0.15) is 31.0 Å². The van der Waals surface area contributed by atoms with Crippen molar-refractivity contribution in [2.75, 3.05) is 35.7 Å². The third-order valence-corrected chi connectivity index (χ3v) is 6.35. The van der Waals surface area contributed by atoms with Crippen molar-refractivity contribution >= 4 is 34.3 Å². The molecule has 0 unspecified atom stereocenters. The number of hydrogen-bond donors (Lipinski definition) is 3. The Morgan fingerprint density at radius 3 is 2.81 bits per heavy atom. The number of fused-ring (bicyclic) bond motifs is 1. The number of aryl methyl sites for hydroxylation is 2. The van der Waals surface area contributed by atoms with E-state index in [-0.39, 0.29) is 5.82 Å². The van der Waals surface area contributed by atoms with Gasteiger partial charge in [0.25, 0.3) is 0 Å². The van der Waals surface area contributed by atoms with Gasteiger partial charge in [-0.05, 0) is 26.7 Å². The van der Waals surface area contributed by atoms with E-state index in [1.165, 1.54) is 0 Å². The second-order valence-electron chi connectivity index (χ2n) is 8.85. The summed E-state index contributed by atoms with van der Waals surface area (Å²) in [6.07, 6.45) is 3.98. The standard InChI is InChI=1S/C21H27N9O2/c1-12-5-4-6-30(12)19-14(7-22)16-17(23)25-20(26-18(16)28(19)3)24-15-8-29(27-13(15)2)9-21(31)10-32-11-21/h8,12,31H,4-6,9-11H2,1-3H3,(H3,23,24,25,26)/t12-/m1/s1. The molecule has 5 rings (SSSR count). The number of nitrogens with zero attached hydrogens (tertiary/aromatic N) is 7. The van der Waals surface area contributed by atoms with Crippen LogP contribution in [0.2, 0.25) is 0 Å². The van der Waals surface area contributed by atoms with Crippen molar-refractivity contribution in [3.8, 4) is 6.07 Å². The molecule has 5 heterocycles. The summed E-state index contributed by atoms with van der Waals surface area (Å²) < 4.78 is 8.72. The van der Waals surface area contributed by atoms with Crippen LogP contribution >= 0.6 is 0 Å². The molecule has 11 heteroatoms. The largest absolute Gasteiger partial charge is 0.383 e. The molecule has 2 fully saturated rings. The Bertz CT molecular complexity index is 1230. The fourth-order valence-electron chi connectivity index (χ4n) is 4.65. The molecule has 32 heavy (non-hydrogen) atoms. The van der Waals surface area contributed by atoms with Gasteiger partial charge in [0.1, 0.15) is 34.5 Å². The minimum atomic E-state index is -0.880. The molecule has 0 saturated carbocycles. The number of nitrogens with two attached hydrogens (primary N) is 1. The van der Waals surface area contributed by atoms with Gasteiger partial charge in [-0.15, -0.1) is 0 Å². The van der Waals surface area contributed by atoms with E-state index in [0.29, 0.717) is 48.3 Å². The van der Waals surface area contributed by atoms with Crippen LogP contribution in [0.25, 0.3) is 11.0 Å². The Balaban J connectivity index is 1.51. The lowest BCUT2D eigenvalue weighted by atomic mass is 10.0. The minimum absolute atomic E-state index is 0.258. The predicted molar refractivity (Wildman–Crippen MR) is 120 cm³/mol. The zero-order valence-electron chi connectivity index (χ0n) is 18.5. The quantitative estimate of drug-likeness (QED) is 0.540. The first-order valence-electron chi connectivity index (χ1n) is 10.7. The maximum Gasteiger partial charge on any atom is 0.231 e. The summed E-state index contributed by atoms with van der Waals surface area (Å²) in [6, 6.07) is 2.67. The van der Waals surface area contributed by atoms with E-state index < -0.39 is 5.60 Å². The average molecular weight is 438 g/mol. The number of rotatable bonds is 5. The molecule has 0 amide bonds. The van der Waals surface area contributed by atoms with Gasteiger partial charge in [0.15, 0.2) is 0 Å². The van der Waals surface area contributed by atoms with Crippen LogP contribution < -0.4 is 16.0 Å². The van der Waals surface area contributed by atoms with E-state index in [1.54, 1.807) is 10.9 Å². The number of aromatic nitrogens is 5. The maximum atomic E-state index is 10.3. The van der Waals surface area contributed by atoms with Gasteiger partial charge in [-0.2, -0.15) is 20.3 Å². The van der Waals surface area contributed by atoms with Crippen molar-refractivity contribution < 1.29 is 9.84 Å². The second-order valence-corrected chi connectivity index (χ2v) is 8.85. The number of nitrogen functional groups attached to an aromatic ring is 1. The molecule has 0 bridgehead atoms. The molecule has 2 saturated heterocycles. The molecule has 11 nitrogen and oxygen atoms in total. The average Bonchev–Trinajstić information content (AvgIpc) is 3.37. The molecule has 2 aliphatic heterocycles. The van der Waals surface area contributed by atoms with Gasteiger partial charge in [0.05, 0.1) is 36.5 Å². The lowest BCUT2D eigenvalue weighted by Gasteiger charge is -2.35. The third-order valence-electron chi connectivity index (χ3n) is 6.35. The number of nitrogens with one attached hydrogen (secondary N) is 1. The highest BCUT2D eigenvalue weighted by Gasteiger charge is 2.37. The van der Waals surface area contributed by atoms with Crippen molar-refractivity contribution in [2.24, 2.45) is 7.05 Å². The number of hydrogen-bond acceptors (Lipinski definition) is 9. The summed E-state index contributed by atoms with van der Waals surface area (Å²) in [4.78, 5) is 11.4. The normalized spacial score (nSPS) is 19.8. The van der Waals surface area contributed by atoms with Crippen LogP contribution in [0.4, 0.5) is 23.3 Å². The van der Waals surface area contributed by atoms with Gasteiger partial charge in [0, 0.05) is 25.8 Å². The van der Waals surface area contributed by atoms with Crippen LogP contribution in [0.3, 0.4) is 0 Å². The lowest BCUT2D eigenvalue weighted by molar-refractivity contribution is -0.186. The molecule has 2 aliphatic rings. The molecule has 3 aromatic rings. The first-order chi connectivity index (χ1) is 15.3. The van der Waals surface area contributed by atoms with E-state index in [9.17, 15) is 10.4 Å². The molecule has 3 aromatic heterocycles. The highest BCUT2D eigenvalue weighted by atomic mass is 16.5. The summed E-state index contributed by atoms with van der Waals surface area (Å²) in [6.45, 7) is 5.88. The van der Waals surface area contributed by atoms with Gasteiger partial charge >= 0.3 is 0 Å². The summed E-state index contributed by atoms with van der Waals surface area (Å²) in [5, 5.41) is 28.5. The van der Waals surface area contributed by atoms with Gasteiger partial charge in [-0.25, -0.2) is 0 Å². The summed E-state index contributed by atoms with van der Waals surface area (Å²) in [5.41, 5.74) is 8.02. The zero-order valence-corrected chi connectivity index (χ0v) is 18.5. The van der Waals surface area contributed by atoms with Crippen molar-refractivity contribution in [1.82, 2.24) is 24.3 Å². The molecule has 0 radical (unpaired) electrons. The SMILES string of the molecule is Cc1nn(CC2(O)COC2)cc1Nc1nc(N)c2c(C#N)c(N3CCC[C@H]3C)n(C)c2n1. The van der Waals surface area contributed by atoms with Gasteiger partial charge in [0.2, 0.25) is 5.95 Å². The molecule has 1 atom stereocenters. The summed E-state index contributed by atoms with van der Waals surface area (Å²) in [7, 11) is 1.91. The predicted octanol–water partition coefficient (Wildman–Crippen LogP) is 1.42. The minimum Gasteiger partial charge on any atom is -0.383 e. The number of ether oxygens (including phenoxy) is 1. The maximum absolute atomic E-state index is 10.3. The monoisotopic (exact) mass is 437 g/mol. The Labute approximate surface area is 185 Å². The van der Waals surface area contributed by atoms with Crippen LogP contribution in [-0.4, -0.2) is 60.8 Å². The lowest BCUT2D eigenvalue weighted by Crippen LogP contribution is -2.52. The van der Waals surface area contributed by atoms with Crippen LogP contribution in [-0.2, 0) is 18.3 Å². The Hall–Kier alpha value is -3.36. The second kappa shape index (κ2) is 7.36. The fraction of sp³-hybridized carbons (Fsp3) is 0.524. The summed E-state index contributed by atoms with van der Waals surface area (Å²) >= 11 is 0. The third kappa shape index (κ3) is 3.23. The molecule has 0 aliphatic carbocycles. The van der Waals surface area contributed by atoms with E-state index in [4.69, 9.17) is 10.5 Å². The fourth-order valence-corrected chi connectivity index (χ4v) is 4.65. The Kier molecular flexibility index (Phi) is 4.72. The van der Waals surface area contributed by atoms with Crippen LogP contribution in [0.15, 0.2) is 6.20 Å². The first kappa shape index (κ1) is 20.5. The topological polar surface area (TPSA) is 143 Å². The molecule has 4 N–H and O–H groups in total. The van der Waals surface area contributed by atoms with E-state index in [1.807, 2.05) is 18.5 Å². The number of nitriles is 1. The molecular formula is C21H27N9O2. The van der Waals surface area contributed by atoms with Crippen molar-refractivity contribution in [3.63, 3.8) is 0 Å². The molecule has 0 spiro atoms. The zero-order chi connectivity index (χ0) is 22.6. The Morgan fingerprint density at radius 1 is 1.41 bits per heavy atom. The Morgan fingerprint density at radius 2 is 2.19 bits per heavy atom. The number of anilines is 4. The van der Waals surface area contributed by atoms with Crippen LogP contribution in [0.5, 0.6) is 0 Å².